The molecular weight excluding hydrogens is 254 g/mol. The molecule has 0 aliphatic rings. The number of anilines is 1. The van der Waals surface area contributed by atoms with Crippen LogP contribution in [-0.4, -0.2) is 44.6 Å². The number of hydrogen-bond donors (Lipinski definition) is 2. The molecule has 1 atom stereocenters. The Labute approximate surface area is 121 Å². The van der Waals surface area contributed by atoms with Crippen molar-refractivity contribution in [2.45, 2.75) is 19.9 Å². The van der Waals surface area contributed by atoms with Crippen LogP contribution in [0.5, 0.6) is 5.75 Å². The molecule has 5 heteroatoms. The molecule has 0 bridgehead atoms. The Kier molecular flexibility index (Phi) is 5.82. The standard InChI is InChI=1S/C15H25N3O2/c1-10(2)13(18(3)4)9-17-15(19)12-7-6-11(16)8-14(12)20-5/h6-8,10,13H,9,16H2,1-5H3,(H,17,19). The molecule has 20 heavy (non-hydrogen) atoms. The number of nitrogens with one attached hydrogen (secondary N) is 1. The zero-order chi connectivity index (χ0) is 15.3. The Balaban J connectivity index is 2.76. The number of nitrogen functional groups attached to an aromatic ring is 1. The Morgan fingerprint density at radius 3 is 2.55 bits per heavy atom. The largest absolute Gasteiger partial charge is 0.496 e. The Morgan fingerprint density at radius 1 is 1.40 bits per heavy atom. The Morgan fingerprint density at radius 2 is 2.05 bits per heavy atom. The smallest absolute Gasteiger partial charge is 0.255 e. The van der Waals surface area contributed by atoms with Gasteiger partial charge in [-0.1, -0.05) is 13.8 Å². The van der Waals surface area contributed by atoms with Crippen LogP contribution < -0.4 is 15.8 Å². The van der Waals surface area contributed by atoms with E-state index in [4.69, 9.17) is 10.5 Å². The number of likely N-dealkylation sites (N-methyl/N-ethyl adjacent to an activating group) is 1. The third-order valence-electron chi connectivity index (χ3n) is 3.37. The number of amides is 1. The summed E-state index contributed by atoms with van der Waals surface area (Å²) in [7, 11) is 5.56. The number of carbonyl (C=O) groups excluding carboxylic acids is 1. The van der Waals surface area contributed by atoms with Crippen LogP contribution >= 0.6 is 0 Å². The minimum atomic E-state index is -0.144. The van der Waals surface area contributed by atoms with Gasteiger partial charge in [0.2, 0.25) is 0 Å². The molecule has 0 fully saturated rings. The maximum atomic E-state index is 12.2. The highest BCUT2D eigenvalue weighted by Crippen LogP contribution is 2.21. The van der Waals surface area contributed by atoms with Gasteiger partial charge in [-0.25, -0.2) is 0 Å². The van der Waals surface area contributed by atoms with Gasteiger partial charge in [-0.15, -0.1) is 0 Å². The second kappa shape index (κ2) is 7.14. The number of rotatable bonds is 6. The second-order valence-corrected chi connectivity index (χ2v) is 5.44. The van der Waals surface area contributed by atoms with Gasteiger partial charge in [0.1, 0.15) is 5.75 Å². The molecule has 0 saturated heterocycles. The van der Waals surface area contributed by atoms with Crippen molar-refractivity contribution in [2.75, 3.05) is 33.5 Å². The van der Waals surface area contributed by atoms with E-state index in [1.807, 2.05) is 14.1 Å². The van der Waals surface area contributed by atoms with Crippen molar-refractivity contribution in [3.63, 3.8) is 0 Å². The van der Waals surface area contributed by atoms with E-state index in [1.165, 1.54) is 7.11 Å². The van der Waals surface area contributed by atoms with Gasteiger partial charge >= 0.3 is 0 Å². The summed E-state index contributed by atoms with van der Waals surface area (Å²) in [5.41, 5.74) is 6.76. The van der Waals surface area contributed by atoms with E-state index in [2.05, 4.69) is 24.1 Å². The number of carbonyl (C=O) groups is 1. The van der Waals surface area contributed by atoms with Crippen molar-refractivity contribution in [3.05, 3.63) is 23.8 Å². The van der Waals surface area contributed by atoms with Gasteiger partial charge in [0.15, 0.2) is 0 Å². The molecule has 112 valence electrons. The molecule has 3 N–H and O–H groups in total. The summed E-state index contributed by atoms with van der Waals surface area (Å²) in [5, 5.41) is 2.95. The maximum Gasteiger partial charge on any atom is 0.255 e. The fourth-order valence-electron chi connectivity index (χ4n) is 2.20. The van der Waals surface area contributed by atoms with Gasteiger partial charge in [-0.3, -0.25) is 4.79 Å². The van der Waals surface area contributed by atoms with E-state index >= 15 is 0 Å². The molecule has 0 saturated carbocycles. The van der Waals surface area contributed by atoms with Crippen LogP contribution in [0.3, 0.4) is 0 Å². The van der Waals surface area contributed by atoms with Gasteiger partial charge in [0.25, 0.3) is 5.91 Å². The fraction of sp³-hybridized carbons (Fsp3) is 0.533. The van der Waals surface area contributed by atoms with Crippen LogP contribution in [0.1, 0.15) is 24.2 Å². The summed E-state index contributed by atoms with van der Waals surface area (Å²) in [5.74, 6) is 0.807. The van der Waals surface area contributed by atoms with Crippen LogP contribution in [0.2, 0.25) is 0 Å². The van der Waals surface area contributed by atoms with Crippen LogP contribution in [-0.2, 0) is 0 Å². The monoisotopic (exact) mass is 279 g/mol. The lowest BCUT2D eigenvalue weighted by Gasteiger charge is -2.28. The highest BCUT2D eigenvalue weighted by molar-refractivity contribution is 5.97. The van der Waals surface area contributed by atoms with Crippen molar-refractivity contribution in [1.82, 2.24) is 10.2 Å². The third kappa shape index (κ3) is 4.13. The van der Waals surface area contributed by atoms with Crippen molar-refractivity contribution in [1.29, 1.82) is 0 Å². The molecule has 1 amide bonds. The van der Waals surface area contributed by atoms with E-state index in [9.17, 15) is 4.79 Å². The van der Waals surface area contributed by atoms with Crippen LogP contribution in [0.15, 0.2) is 18.2 Å². The first-order chi connectivity index (χ1) is 9.36. The fourth-order valence-corrected chi connectivity index (χ4v) is 2.20. The third-order valence-corrected chi connectivity index (χ3v) is 3.37. The van der Waals surface area contributed by atoms with Crippen molar-refractivity contribution in [2.24, 2.45) is 5.92 Å². The summed E-state index contributed by atoms with van der Waals surface area (Å²) in [6, 6.07) is 5.33. The van der Waals surface area contributed by atoms with Crippen molar-refractivity contribution >= 4 is 11.6 Å². The number of methoxy groups -OCH3 is 1. The number of nitrogens with two attached hydrogens (primary N) is 1. The summed E-state index contributed by atoms with van der Waals surface area (Å²) in [6.07, 6.45) is 0. The lowest BCUT2D eigenvalue weighted by molar-refractivity contribution is 0.0931. The first-order valence-corrected chi connectivity index (χ1v) is 6.75. The normalized spacial score (nSPS) is 12.6. The molecule has 5 nitrogen and oxygen atoms in total. The zero-order valence-corrected chi connectivity index (χ0v) is 12.9. The Bertz CT molecular complexity index is 450. The average molecular weight is 279 g/mol. The molecule has 0 heterocycles. The van der Waals surface area contributed by atoms with E-state index in [0.29, 0.717) is 35.5 Å². The molecule has 0 radical (unpaired) electrons. The molecule has 1 aromatic carbocycles. The predicted octanol–water partition coefficient (Wildman–Crippen LogP) is 1.59. The minimum Gasteiger partial charge on any atom is -0.496 e. The highest BCUT2D eigenvalue weighted by Gasteiger charge is 2.18. The van der Waals surface area contributed by atoms with Crippen LogP contribution in [0.4, 0.5) is 5.69 Å². The molecule has 0 aliphatic heterocycles. The van der Waals surface area contributed by atoms with Crippen molar-refractivity contribution < 1.29 is 9.53 Å². The average Bonchev–Trinajstić information content (AvgIpc) is 2.37. The number of ether oxygens (including phenoxy) is 1. The number of benzene rings is 1. The predicted molar refractivity (Wildman–Crippen MR) is 82.1 cm³/mol. The Hall–Kier alpha value is -1.75. The first kappa shape index (κ1) is 16.3. The van der Waals surface area contributed by atoms with Gasteiger partial charge in [-0.05, 0) is 32.1 Å². The molecule has 0 aromatic heterocycles. The van der Waals surface area contributed by atoms with E-state index < -0.39 is 0 Å². The summed E-state index contributed by atoms with van der Waals surface area (Å²) >= 11 is 0. The van der Waals surface area contributed by atoms with E-state index in [1.54, 1.807) is 18.2 Å². The minimum absolute atomic E-state index is 0.144. The van der Waals surface area contributed by atoms with Gasteiger partial charge in [0.05, 0.1) is 12.7 Å². The summed E-state index contributed by atoms with van der Waals surface area (Å²) in [4.78, 5) is 14.4. The van der Waals surface area contributed by atoms with Crippen molar-refractivity contribution in [3.8, 4) is 5.75 Å². The molecular formula is C15H25N3O2. The number of nitrogens with zero attached hydrogens (tertiary/aromatic N) is 1. The topological polar surface area (TPSA) is 67.6 Å². The first-order valence-electron chi connectivity index (χ1n) is 6.75. The second-order valence-electron chi connectivity index (χ2n) is 5.44. The molecule has 1 unspecified atom stereocenters. The summed E-state index contributed by atoms with van der Waals surface area (Å²) in [6.45, 7) is 4.87. The molecule has 0 aliphatic carbocycles. The SMILES string of the molecule is COc1cc(N)ccc1C(=O)NCC(C(C)C)N(C)C. The molecule has 1 rings (SSSR count). The summed E-state index contributed by atoms with van der Waals surface area (Å²) < 4.78 is 5.20. The van der Waals surface area contributed by atoms with Crippen LogP contribution in [0.25, 0.3) is 0 Å². The quantitative estimate of drug-likeness (QED) is 0.776. The number of hydrogen-bond acceptors (Lipinski definition) is 4. The zero-order valence-electron chi connectivity index (χ0n) is 12.9. The van der Waals surface area contributed by atoms with Gasteiger partial charge in [-0.2, -0.15) is 0 Å². The highest BCUT2D eigenvalue weighted by atomic mass is 16.5. The van der Waals surface area contributed by atoms with E-state index in [-0.39, 0.29) is 5.91 Å². The van der Waals surface area contributed by atoms with Crippen LogP contribution in [0, 0.1) is 5.92 Å². The van der Waals surface area contributed by atoms with Gasteiger partial charge in [0, 0.05) is 24.3 Å². The lowest BCUT2D eigenvalue weighted by atomic mass is 10.0. The maximum absolute atomic E-state index is 12.2. The molecule has 1 aromatic rings. The van der Waals surface area contributed by atoms with Gasteiger partial charge < -0.3 is 20.7 Å². The van der Waals surface area contributed by atoms with E-state index in [0.717, 1.165) is 0 Å². The lowest BCUT2D eigenvalue weighted by Crippen LogP contribution is -2.43. The molecule has 0 spiro atoms.